The lowest BCUT2D eigenvalue weighted by atomic mass is 9.99. The standard InChI is InChI=1S/C14H24N4O/c1-11-15-12(10-14(16-11)17(2)3)13-6-4-5-7-18(13)8-9-19/h10,13,19H,4-9H2,1-3H3. The number of likely N-dealkylation sites (tertiary alicyclic amines) is 1. The number of hydrogen-bond donors (Lipinski definition) is 1. The molecule has 0 radical (unpaired) electrons. The molecule has 5 heteroatoms. The van der Waals surface area contributed by atoms with Crippen LogP contribution < -0.4 is 4.90 Å². The second-order valence-corrected chi connectivity index (χ2v) is 5.36. The van der Waals surface area contributed by atoms with Crippen LogP contribution in [-0.2, 0) is 0 Å². The van der Waals surface area contributed by atoms with E-state index in [-0.39, 0.29) is 6.61 Å². The number of hydrogen-bond acceptors (Lipinski definition) is 5. The van der Waals surface area contributed by atoms with Crippen molar-refractivity contribution in [1.82, 2.24) is 14.9 Å². The van der Waals surface area contributed by atoms with Crippen molar-refractivity contribution in [2.24, 2.45) is 0 Å². The van der Waals surface area contributed by atoms with Crippen molar-refractivity contribution < 1.29 is 5.11 Å². The second-order valence-electron chi connectivity index (χ2n) is 5.36. The van der Waals surface area contributed by atoms with Crippen LogP contribution >= 0.6 is 0 Å². The summed E-state index contributed by atoms with van der Waals surface area (Å²) in [5.41, 5.74) is 1.09. The molecular formula is C14H24N4O. The minimum Gasteiger partial charge on any atom is -0.395 e. The molecule has 1 aromatic heterocycles. The van der Waals surface area contributed by atoms with Crippen LogP contribution in [0.1, 0.15) is 36.8 Å². The lowest BCUT2D eigenvalue weighted by Crippen LogP contribution is -2.36. The van der Waals surface area contributed by atoms with E-state index in [1.165, 1.54) is 12.8 Å². The smallest absolute Gasteiger partial charge is 0.132 e. The van der Waals surface area contributed by atoms with Crippen LogP contribution in [0.15, 0.2) is 6.07 Å². The molecule has 1 N–H and O–H groups in total. The van der Waals surface area contributed by atoms with Crippen LogP contribution in [0.5, 0.6) is 0 Å². The van der Waals surface area contributed by atoms with Gasteiger partial charge in [-0.15, -0.1) is 0 Å². The van der Waals surface area contributed by atoms with E-state index in [1.54, 1.807) is 0 Å². The highest BCUT2D eigenvalue weighted by Crippen LogP contribution is 2.30. The third-order valence-corrected chi connectivity index (χ3v) is 3.64. The van der Waals surface area contributed by atoms with Gasteiger partial charge in [0, 0.05) is 26.7 Å². The average molecular weight is 264 g/mol. The molecule has 1 saturated heterocycles. The number of nitrogens with zero attached hydrogens (tertiary/aromatic N) is 4. The van der Waals surface area contributed by atoms with Gasteiger partial charge in [-0.3, -0.25) is 4.90 Å². The number of anilines is 1. The molecule has 0 saturated carbocycles. The van der Waals surface area contributed by atoms with Gasteiger partial charge in [0.05, 0.1) is 18.3 Å². The number of aromatic nitrogens is 2. The minimum absolute atomic E-state index is 0.209. The highest BCUT2D eigenvalue weighted by atomic mass is 16.3. The van der Waals surface area contributed by atoms with Crippen LogP contribution in [0.25, 0.3) is 0 Å². The zero-order valence-corrected chi connectivity index (χ0v) is 12.1. The van der Waals surface area contributed by atoms with Gasteiger partial charge < -0.3 is 10.0 Å². The SMILES string of the molecule is Cc1nc(C2CCCCN2CCO)cc(N(C)C)n1. The van der Waals surface area contributed by atoms with E-state index in [4.69, 9.17) is 0 Å². The summed E-state index contributed by atoms with van der Waals surface area (Å²) in [6.07, 6.45) is 3.55. The van der Waals surface area contributed by atoms with E-state index in [1.807, 2.05) is 25.9 Å². The fourth-order valence-corrected chi connectivity index (χ4v) is 2.70. The Morgan fingerprint density at radius 3 is 2.84 bits per heavy atom. The highest BCUT2D eigenvalue weighted by Gasteiger charge is 2.25. The Morgan fingerprint density at radius 1 is 1.37 bits per heavy atom. The van der Waals surface area contributed by atoms with Gasteiger partial charge in [0.2, 0.25) is 0 Å². The number of piperidine rings is 1. The molecule has 1 aliphatic heterocycles. The molecule has 19 heavy (non-hydrogen) atoms. The van der Waals surface area contributed by atoms with Crippen molar-refractivity contribution in [2.75, 3.05) is 38.7 Å². The number of aliphatic hydroxyl groups is 1. The third kappa shape index (κ3) is 3.42. The Kier molecular flexibility index (Phi) is 4.71. The molecule has 106 valence electrons. The Labute approximate surface area is 115 Å². The first-order valence-corrected chi connectivity index (χ1v) is 6.99. The summed E-state index contributed by atoms with van der Waals surface area (Å²) >= 11 is 0. The first-order chi connectivity index (χ1) is 9.11. The Balaban J connectivity index is 2.27. The minimum atomic E-state index is 0.209. The van der Waals surface area contributed by atoms with Gasteiger partial charge in [0.15, 0.2) is 0 Å². The monoisotopic (exact) mass is 264 g/mol. The molecule has 1 unspecified atom stereocenters. The van der Waals surface area contributed by atoms with Crippen LogP contribution in [0.4, 0.5) is 5.82 Å². The maximum atomic E-state index is 9.20. The van der Waals surface area contributed by atoms with E-state index in [0.29, 0.717) is 6.04 Å². The quantitative estimate of drug-likeness (QED) is 0.890. The van der Waals surface area contributed by atoms with Gasteiger partial charge in [-0.25, -0.2) is 9.97 Å². The molecule has 1 atom stereocenters. The second kappa shape index (κ2) is 6.30. The fraction of sp³-hybridized carbons (Fsp3) is 0.714. The number of β-amino-alcohol motifs (C(OH)–C–C–N with tert-alkyl or cyclic N) is 1. The molecule has 0 spiro atoms. The van der Waals surface area contributed by atoms with Gasteiger partial charge in [-0.1, -0.05) is 6.42 Å². The largest absolute Gasteiger partial charge is 0.395 e. The van der Waals surface area contributed by atoms with E-state index < -0.39 is 0 Å². The van der Waals surface area contributed by atoms with Gasteiger partial charge in [0.25, 0.3) is 0 Å². The fourth-order valence-electron chi connectivity index (χ4n) is 2.70. The zero-order chi connectivity index (χ0) is 13.8. The summed E-state index contributed by atoms with van der Waals surface area (Å²) in [6.45, 7) is 3.92. The Hall–Kier alpha value is -1.20. The van der Waals surface area contributed by atoms with E-state index in [9.17, 15) is 5.11 Å². The number of rotatable bonds is 4. The third-order valence-electron chi connectivity index (χ3n) is 3.64. The van der Waals surface area contributed by atoms with Crippen molar-refractivity contribution in [3.05, 3.63) is 17.6 Å². The van der Waals surface area contributed by atoms with Crippen molar-refractivity contribution in [3.8, 4) is 0 Å². The maximum Gasteiger partial charge on any atom is 0.132 e. The Morgan fingerprint density at radius 2 is 2.16 bits per heavy atom. The van der Waals surface area contributed by atoms with Crippen LogP contribution in [0.2, 0.25) is 0 Å². The van der Waals surface area contributed by atoms with E-state index in [0.717, 1.165) is 36.8 Å². The molecule has 5 nitrogen and oxygen atoms in total. The molecule has 1 aliphatic rings. The number of aliphatic hydroxyl groups excluding tert-OH is 1. The highest BCUT2D eigenvalue weighted by molar-refractivity contribution is 5.38. The van der Waals surface area contributed by atoms with Crippen molar-refractivity contribution in [3.63, 3.8) is 0 Å². The van der Waals surface area contributed by atoms with Gasteiger partial charge in [0.1, 0.15) is 11.6 Å². The summed E-state index contributed by atoms with van der Waals surface area (Å²) in [5.74, 6) is 1.77. The summed E-state index contributed by atoms with van der Waals surface area (Å²) in [4.78, 5) is 13.4. The lowest BCUT2D eigenvalue weighted by molar-refractivity contribution is 0.114. The van der Waals surface area contributed by atoms with Gasteiger partial charge in [-0.2, -0.15) is 0 Å². The molecule has 0 aromatic carbocycles. The summed E-state index contributed by atoms with van der Waals surface area (Å²) in [6, 6.07) is 2.40. The lowest BCUT2D eigenvalue weighted by Gasteiger charge is -2.35. The summed E-state index contributed by atoms with van der Waals surface area (Å²) in [7, 11) is 4.00. The zero-order valence-electron chi connectivity index (χ0n) is 12.1. The Bertz CT molecular complexity index is 420. The normalized spacial score (nSPS) is 20.5. The molecule has 0 amide bonds. The molecule has 2 rings (SSSR count). The van der Waals surface area contributed by atoms with Crippen molar-refractivity contribution in [2.45, 2.75) is 32.2 Å². The summed E-state index contributed by atoms with van der Waals surface area (Å²) in [5, 5.41) is 9.20. The first-order valence-electron chi connectivity index (χ1n) is 6.99. The van der Waals surface area contributed by atoms with Crippen LogP contribution in [-0.4, -0.2) is 53.8 Å². The van der Waals surface area contributed by atoms with Gasteiger partial charge in [-0.05, 0) is 26.3 Å². The van der Waals surface area contributed by atoms with Crippen molar-refractivity contribution in [1.29, 1.82) is 0 Å². The average Bonchev–Trinajstić information content (AvgIpc) is 2.39. The van der Waals surface area contributed by atoms with E-state index in [2.05, 4.69) is 20.9 Å². The van der Waals surface area contributed by atoms with Crippen LogP contribution in [0, 0.1) is 6.92 Å². The molecule has 0 bridgehead atoms. The van der Waals surface area contributed by atoms with Crippen LogP contribution in [0.3, 0.4) is 0 Å². The number of aryl methyl sites for hydroxylation is 1. The molecule has 1 fully saturated rings. The maximum absolute atomic E-state index is 9.20. The van der Waals surface area contributed by atoms with E-state index >= 15 is 0 Å². The topological polar surface area (TPSA) is 52.5 Å². The predicted molar refractivity (Wildman–Crippen MR) is 76.3 cm³/mol. The molecular weight excluding hydrogens is 240 g/mol. The first kappa shape index (κ1) is 14.2. The summed E-state index contributed by atoms with van der Waals surface area (Å²) < 4.78 is 0. The van der Waals surface area contributed by atoms with Crippen molar-refractivity contribution >= 4 is 5.82 Å². The molecule has 0 aliphatic carbocycles. The molecule has 2 heterocycles. The molecule has 1 aromatic rings. The predicted octanol–water partition coefficient (Wildman–Crippen LogP) is 1.37. The van der Waals surface area contributed by atoms with Gasteiger partial charge >= 0.3 is 0 Å².